The minimum absolute atomic E-state index is 0.00135. The van der Waals surface area contributed by atoms with Crippen molar-refractivity contribution in [3.05, 3.63) is 359 Å². The van der Waals surface area contributed by atoms with Gasteiger partial charge in [0.15, 0.2) is 0 Å². The first-order valence-corrected chi connectivity index (χ1v) is 31.2. The monoisotopic (exact) mass is 1130 g/mol. The molecule has 88 heavy (non-hydrogen) atoms. The molecule has 2 aliphatic carbocycles. The van der Waals surface area contributed by atoms with Crippen LogP contribution in [-0.2, 0) is 21.7 Å². The van der Waals surface area contributed by atoms with Crippen molar-refractivity contribution < 1.29 is 0 Å². The second kappa shape index (κ2) is 20.2. The lowest BCUT2D eigenvalue weighted by molar-refractivity contribution is 0.590. The van der Waals surface area contributed by atoms with Gasteiger partial charge in [-0.1, -0.05) is 284 Å². The van der Waals surface area contributed by atoms with E-state index in [4.69, 9.17) is 0 Å². The first-order valence-electron chi connectivity index (χ1n) is 31.2. The molecule has 0 saturated heterocycles. The average Bonchev–Trinajstić information content (AvgIpc) is 1.50. The zero-order valence-electron chi connectivity index (χ0n) is 50.8. The molecule has 0 heterocycles. The molecule has 0 saturated carbocycles. The van der Waals surface area contributed by atoms with E-state index < -0.39 is 10.8 Å². The van der Waals surface area contributed by atoms with Gasteiger partial charge in [-0.3, -0.25) is 0 Å². The molecular formula is C86H68N2. The predicted octanol–water partition coefficient (Wildman–Crippen LogP) is 22.8. The molecule has 2 nitrogen and oxygen atoms in total. The Morgan fingerprint density at radius 1 is 0.239 bits per heavy atom. The summed E-state index contributed by atoms with van der Waals surface area (Å²) in [5.41, 5.74) is 23.7. The standard InChI is InChI=1S/C86H68N2/c1-83(2,3)59-37-45-65(46-38-59)87(67-49-41-63(42-50-67)85(61-21-9-7-10-22-61)75-29-17-13-25-69(75)70-26-14-18-30-76(70)85)79-55-35-57-34-54-74-80(56-36-58-33-53-73(79)81(57)82(58)74)88(66-47-39-60(40-48-66)84(4,5)6)68-51-43-64(44-52-68)86(62-23-11-8-12-24-62)77-31-19-15-27-71(77)72-28-16-20-32-78(72)86/h7-56H,1-6H3. The van der Waals surface area contributed by atoms with Gasteiger partial charge in [-0.15, -0.1) is 0 Å². The van der Waals surface area contributed by atoms with Gasteiger partial charge < -0.3 is 9.80 Å². The van der Waals surface area contributed by atoms with Crippen LogP contribution in [0.15, 0.2) is 303 Å². The van der Waals surface area contributed by atoms with Crippen molar-refractivity contribution in [1.82, 2.24) is 0 Å². The molecule has 0 fully saturated rings. The van der Waals surface area contributed by atoms with Crippen LogP contribution in [-0.4, -0.2) is 0 Å². The third kappa shape index (κ3) is 8.01. The fourth-order valence-electron chi connectivity index (χ4n) is 15.4. The van der Waals surface area contributed by atoms with Crippen molar-refractivity contribution in [2.24, 2.45) is 0 Å². The van der Waals surface area contributed by atoms with Crippen LogP contribution in [0.2, 0.25) is 0 Å². The molecule has 2 aliphatic rings. The van der Waals surface area contributed by atoms with E-state index in [0.717, 1.165) is 34.1 Å². The summed E-state index contributed by atoms with van der Waals surface area (Å²) < 4.78 is 0. The highest BCUT2D eigenvalue weighted by atomic mass is 15.1. The van der Waals surface area contributed by atoms with E-state index in [1.54, 1.807) is 0 Å². The highest BCUT2D eigenvalue weighted by Gasteiger charge is 2.47. The van der Waals surface area contributed by atoms with E-state index in [0.29, 0.717) is 0 Å². The first kappa shape index (κ1) is 53.2. The van der Waals surface area contributed by atoms with E-state index in [1.165, 1.54) is 110 Å². The number of nitrogens with zero attached hydrogens (tertiary/aromatic N) is 2. The van der Waals surface area contributed by atoms with Gasteiger partial charge >= 0.3 is 0 Å². The lowest BCUT2D eigenvalue weighted by atomic mass is 9.68. The Hall–Kier alpha value is -10.3. The summed E-state index contributed by atoms with van der Waals surface area (Å²) in [5.74, 6) is 0. The Balaban J connectivity index is 0.874. The zero-order chi connectivity index (χ0) is 59.5. The third-order valence-corrected chi connectivity index (χ3v) is 19.5. The molecule has 422 valence electrons. The molecule has 0 N–H and O–H groups in total. The number of hydrogen-bond donors (Lipinski definition) is 0. The number of fused-ring (bicyclic) bond motifs is 6. The molecule has 0 radical (unpaired) electrons. The minimum atomic E-state index is -0.500. The van der Waals surface area contributed by atoms with E-state index in [-0.39, 0.29) is 10.8 Å². The van der Waals surface area contributed by atoms with Crippen molar-refractivity contribution in [2.75, 3.05) is 9.80 Å². The first-order chi connectivity index (χ1) is 42.9. The van der Waals surface area contributed by atoms with Crippen LogP contribution in [0.25, 0.3) is 54.6 Å². The van der Waals surface area contributed by atoms with Crippen LogP contribution in [0.5, 0.6) is 0 Å². The van der Waals surface area contributed by atoms with E-state index in [9.17, 15) is 0 Å². The van der Waals surface area contributed by atoms with Crippen LogP contribution >= 0.6 is 0 Å². The Labute approximate surface area is 517 Å². The number of hydrogen-bond acceptors (Lipinski definition) is 2. The van der Waals surface area contributed by atoms with Crippen LogP contribution in [0, 0.1) is 0 Å². The largest absolute Gasteiger partial charge is 0.310 e. The summed E-state index contributed by atoms with van der Waals surface area (Å²) in [6, 6.07) is 115. The second-order valence-electron chi connectivity index (χ2n) is 26.4. The zero-order valence-corrected chi connectivity index (χ0v) is 50.8. The Morgan fingerprint density at radius 2 is 0.500 bits per heavy atom. The summed E-state index contributed by atoms with van der Waals surface area (Å²) in [4.78, 5) is 4.98. The highest BCUT2D eigenvalue weighted by molar-refractivity contribution is 6.28. The van der Waals surface area contributed by atoms with Gasteiger partial charge in [-0.05, 0) is 171 Å². The third-order valence-electron chi connectivity index (χ3n) is 19.5. The quantitative estimate of drug-likeness (QED) is 0.126. The molecule has 0 amide bonds. The fourth-order valence-corrected chi connectivity index (χ4v) is 15.4. The number of rotatable bonds is 10. The van der Waals surface area contributed by atoms with Gasteiger partial charge in [0.05, 0.1) is 22.2 Å². The number of anilines is 6. The Morgan fingerprint density at radius 3 is 0.807 bits per heavy atom. The van der Waals surface area contributed by atoms with Crippen LogP contribution in [0.3, 0.4) is 0 Å². The summed E-state index contributed by atoms with van der Waals surface area (Å²) in [7, 11) is 0. The minimum Gasteiger partial charge on any atom is -0.310 e. The van der Waals surface area contributed by atoms with E-state index in [1.807, 2.05) is 0 Å². The van der Waals surface area contributed by atoms with E-state index >= 15 is 0 Å². The summed E-state index contributed by atoms with van der Waals surface area (Å²) >= 11 is 0. The normalized spacial score (nSPS) is 13.8. The van der Waals surface area contributed by atoms with Gasteiger partial charge in [0.25, 0.3) is 0 Å². The smallest absolute Gasteiger partial charge is 0.0713 e. The van der Waals surface area contributed by atoms with Gasteiger partial charge in [-0.25, -0.2) is 0 Å². The molecule has 0 aromatic heterocycles. The maximum Gasteiger partial charge on any atom is 0.0713 e. The maximum absolute atomic E-state index is 2.49. The van der Waals surface area contributed by atoms with Gasteiger partial charge in [0.1, 0.15) is 0 Å². The molecular weight excluding hydrogens is 1060 g/mol. The molecule has 0 spiro atoms. The lowest BCUT2D eigenvalue weighted by Crippen LogP contribution is -2.28. The van der Waals surface area contributed by atoms with Crippen LogP contribution in [0.4, 0.5) is 34.1 Å². The topological polar surface area (TPSA) is 6.48 Å². The molecule has 14 aromatic carbocycles. The maximum atomic E-state index is 2.49. The molecule has 0 bridgehead atoms. The summed E-state index contributed by atoms with van der Waals surface area (Å²) in [5, 5.41) is 7.33. The van der Waals surface area contributed by atoms with Crippen molar-refractivity contribution >= 4 is 66.4 Å². The highest BCUT2D eigenvalue weighted by Crippen LogP contribution is 2.59. The molecule has 0 aliphatic heterocycles. The van der Waals surface area contributed by atoms with Crippen molar-refractivity contribution in [3.63, 3.8) is 0 Å². The van der Waals surface area contributed by atoms with Gasteiger partial charge in [0.2, 0.25) is 0 Å². The predicted molar refractivity (Wildman–Crippen MR) is 372 cm³/mol. The average molecular weight is 1130 g/mol. The Kier molecular flexibility index (Phi) is 12.2. The fraction of sp³-hybridized carbons (Fsp3) is 0.116. The van der Waals surface area contributed by atoms with Gasteiger partial charge in [0, 0.05) is 33.5 Å². The molecule has 14 aromatic rings. The second-order valence-corrected chi connectivity index (χ2v) is 26.4. The molecule has 0 unspecified atom stereocenters. The Bertz CT molecular complexity index is 4540. The summed E-state index contributed by atoms with van der Waals surface area (Å²) in [6.45, 7) is 13.8. The van der Waals surface area contributed by atoms with E-state index in [2.05, 4.69) is 355 Å². The lowest BCUT2D eigenvalue weighted by Gasteiger charge is -2.35. The molecule has 2 heteroatoms. The van der Waals surface area contributed by atoms with Crippen LogP contribution in [0.1, 0.15) is 97.2 Å². The van der Waals surface area contributed by atoms with Gasteiger partial charge in [-0.2, -0.15) is 0 Å². The molecule has 16 rings (SSSR count). The van der Waals surface area contributed by atoms with Crippen molar-refractivity contribution in [3.8, 4) is 22.3 Å². The van der Waals surface area contributed by atoms with Crippen molar-refractivity contribution in [1.29, 1.82) is 0 Å². The van der Waals surface area contributed by atoms with Crippen LogP contribution < -0.4 is 9.80 Å². The number of benzene rings is 14. The molecule has 0 atom stereocenters. The SMILES string of the molecule is CC(C)(C)c1ccc(N(c2ccc(C3(c4ccccc4)c4ccccc4-c4ccccc43)cc2)c2ccc3ccc4c(N(c5ccc(C(C)(C)C)cc5)c5ccc(C6(c7ccccc7)c7ccccc7-c7ccccc76)cc5)ccc5ccc2c3c54)cc1. The van der Waals surface area contributed by atoms with Crippen molar-refractivity contribution in [2.45, 2.75) is 63.2 Å². The summed E-state index contributed by atoms with van der Waals surface area (Å²) in [6.07, 6.45) is 0.